The standard InChI is InChI=1S/C39H34N6O12S2.2Na/c1-22-9-14-32(54-3)30(15-22)42-39(49)36(37(47)24-7-5-4-6-8-24)45-19-27(40-21-45)20-55-28-12-10-26(11-13-28)43-44-35-33(58-57-56-50)17-25-16-29(59(51,52)53)18-31(41-23(2)46)34(25)38(35)48;;/h4-19,21,36,48,50H,20H2,1-3H3,(H,41,46)(H,42,49)(H,51,52,53);;/q;2*+1/p-2. The number of ketones is 1. The summed E-state index contributed by atoms with van der Waals surface area (Å²) in [5.41, 5.74) is 1.81. The SMILES string of the molecule is COc1ccc(C)cc1NC(=O)C(C(=O)c1ccccc1)n1cnc(COc2ccc(N=Nc3c(SOO[O-])cc4cc(S(=O)(=O)[O-])cc(NC(C)=O)c4c3O)cc2)c1.[Na+].[Na+]. The summed E-state index contributed by atoms with van der Waals surface area (Å²) in [5.74, 6) is -1.49. The number of benzene rings is 5. The van der Waals surface area contributed by atoms with Crippen LogP contribution in [0, 0.1) is 6.92 Å². The molecule has 0 fully saturated rings. The van der Waals surface area contributed by atoms with Crippen molar-refractivity contribution in [3.05, 3.63) is 120 Å². The summed E-state index contributed by atoms with van der Waals surface area (Å²) < 4.78 is 52.6. The summed E-state index contributed by atoms with van der Waals surface area (Å²) >= 11 is 0.322. The number of nitrogens with one attached hydrogen (secondary N) is 2. The second kappa shape index (κ2) is 21.9. The number of ether oxygens (including phenoxy) is 2. The normalized spacial score (nSPS) is 11.6. The van der Waals surface area contributed by atoms with Crippen LogP contribution in [0.15, 0.2) is 124 Å². The van der Waals surface area contributed by atoms with Gasteiger partial charge in [0.1, 0.15) is 33.9 Å². The second-order valence-electron chi connectivity index (χ2n) is 12.6. The average Bonchev–Trinajstić information content (AvgIpc) is 3.67. The van der Waals surface area contributed by atoms with Crippen LogP contribution >= 0.6 is 12.0 Å². The molecule has 0 saturated carbocycles. The third-order valence-electron chi connectivity index (χ3n) is 8.48. The molecule has 0 spiro atoms. The zero-order valence-corrected chi connectivity index (χ0v) is 38.8. The van der Waals surface area contributed by atoms with Gasteiger partial charge in [-0.2, -0.15) is 9.45 Å². The van der Waals surface area contributed by atoms with Crippen LogP contribution in [0.25, 0.3) is 10.8 Å². The Hall–Kier alpha value is -4.68. The summed E-state index contributed by atoms with van der Waals surface area (Å²) in [7, 11) is -3.51. The first-order valence-electron chi connectivity index (χ1n) is 17.2. The van der Waals surface area contributed by atoms with Crippen LogP contribution in [-0.4, -0.2) is 52.3 Å². The minimum atomic E-state index is -4.99. The molecule has 1 unspecified atom stereocenters. The molecule has 6 aromatic rings. The maximum absolute atomic E-state index is 13.7. The molecule has 18 nitrogen and oxygen atoms in total. The third-order valence-corrected chi connectivity index (χ3v) is 9.91. The summed E-state index contributed by atoms with van der Waals surface area (Å²) in [6.07, 6.45) is 2.90. The molecule has 304 valence electrons. The van der Waals surface area contributed by atoms with Gasteiger partial charge in [0.05, 0.1) is 58.0 Å². The Labute approximate surface area is 397 Å². The van der Waals surface area contributed by atoms with Crippen molar-refractivity contribution >= 4 is 73.3 Å². The summed E-state index contributed by atoms with van der Waals surface area (Å²) in [4.78, 5) is 43.0. The van der Waals surface area contributed by atoms with Gasteiger partial charge in [-0.15, -0.1) is 5.11 Å². The van der Waals surface area contributed by atoms with Crippen LogP contribution in [0.1, 0.15) is 34.6 Å². The molecule has 1 atom stereocenters. The molecule has 1 aromatic heterocycles. The Kier molecular flexibility index (Phi) is 17.6. The zero-order valence-electron chi connectivity index (χ0n) is 33.1. The number of aromatic hydroxyl groups is 1. The largest absolute Gasteiger partial charge is 1.00 e. The van der Waals surface area contributed by atoms with Gasteiger partial charge in [-0.1, -0.05) is 36.4 Å². The van der Waals surface area contributed by atoms with Crippen molar-refractivity contribution in [2.75, 3.05) is 17.7 Å². The fourth-order valence-corrected chi connectivity index (χ4v) is 6.87. The van der Waals surface area contributed by atoms with Crippen molar-refractivity contribution in [3.8, 4) is 17.2 Å². The Morgan fingerprint density at radius 1 is 0.951 bits per heavy atom. The summed E-state index contributed by atoms with van der Waals surface area (Å²) in [5, 5.41) is 38.7. The molecule has 0 radical (unpaired) electrons. The first-order valence-corrected chi connectivity index (χ1v) is 19.3. The van der Waals surface area contributed by atoms with E-state index in [1.807, 2.05) is 13.0 Å². The molecular formula is C39H32N6Na2O12S2. The Balaban J connectivity index is 0.00000410. The molecule has 22 heteroatoms. The Morgan fingerprint density at radius 2 is 1.67 bits per heavy atom. The number of carbonyl (C=O) groups excluding carboxylic acids is 3. The van der Waals surface area contributed by atoms with E-state index >= 15 is 0 Å². The third kappa shape index (κ3) is 12.2. The molecule has 0 bridgehead atoms. The van der Waals surface area contributed by atoms with E-state index in [2.05, 4.69) is 35.2 Å². The van der Waals surface area contributed by atoms with Crippen LogP contribution in [0.5, 0.6) is 17.2 Å². The van der Waals surface area contributed by atoms with Gasteiger partial charge in [0.25, 0.3) is 5.91 Å². The number of phenolic OH excluding ortho intramolecular Hbond substituents is 1. The number of azo groups is 1. The number of anilines is 2. The molecule has 2 amide bonds. The van der Waals surface area contributed by atoms with E-state index in [-0.39, 0.29) is 98.5 Å². The maximum atomic E-state index is 13.7. The van der Waals surface area contributed by atoms with Gasteiger partial charge in [0, 0.05) is 24.1 Å². The molecule has 61 heavy (non-hydrogen) atoms. The number of amides is 2. The number of carbonyl (C=O) groups is 3. The van der Waals surface area contributed by atoms with Gasteiger partial charge < -0.3 is 39.6 Å². The number of fused-ring (bicyclic) bond motifs is 1. The quantitative estimate of drug-likeness (QED) is 0.0172. The monoisotopic (exact) mass is 886 g/mol. The first kappa shape index (κ1) is 49.0. The van der Waals surface area contributed by atoms with E-state index in [1.54, 1.807) is 54.6 Å². The smallest absolute Gasteiger partial charge is 0.744 e. The van der Waals surface area contributed by atoms with Gasteiger partial charge in [-0.25, -0.2) is 13.4 Å². The predicted molar refractivity (Wildman–Crippen MR) is 209 cm³/mol. The van der Waals surface area contributed by atoms with E-state index in [0.717, 1.165) is 24.6 Å². The van der Waals surface area contributed by atoms with E-state index in [4.69, 9.17) is 9.47 Å². The van der Waals surface area contributed by atoms with Gasteiger partial charge in [-0.05, 0) is 72.5 Å². The topological polar surface area (TPSA) is 255 Å². The molecular weight excluding hydrogens is 855 g/mol. The van der Waals surface area contributed by atoms with Crippen molar-refractivity contribution in [1.82, 2.24) is 9.55 Å². The van der Waals surface area contributed by atoms with Crippen LogP contribution < -0.4 is 84.5 Å². The van der Waals surface area contributed by atoms with Gasteiger partial charge >= 0.3 is 59.1 Å². The van der Waals surface area contributed by atoms with Crippen molar-refractivity contribution < 1.29 is 116 Å². The van der Waals surface area contributed by atoms with Crippen molar-refractivity contribution in [3.63, 3.8) is 0 Å². The van der Waals surface area contributed by atoms with Crippen LogP contribution in [0.2, 0.25) is 0 Å². The Bertz CT molecular complexity index is 2690. The molecule has 5 aromatic carbocycles. The van der Waals surface area contributed by atoms with E-state index in [9.17, 15) is 37.7 Å². The number of Topliss-reactive ketones (excluding diaryl/α,β-unsaturated/α-hetero) is 1. The minimum absolute atomic E-state index is 0. The van der Waals surface area contributed by atoms with Crippen molar-refractivity contribution in [2.24, 2.45) is 10.2 Å². The molecule has 0 aliphatic carbocycles. The zero-order chi connectivity index (χ0) is 42.3. The second-order valence-corrected chi connectivity index (χ2v) is 14.7. The minimum Gasteiger partial charge on any atom is -0.744 e. The number of hydrogen-bond donors (Lipinski definition) is 3. The van der Waals surface area contributed by atoms with Crippen LogP contribution in [-0.2, 0) is 35.7 Å². The van der Waals surface area contributed by atoms with Gasteiger partial charge in [0.15, 0.2) is 17.6 Å². The first-order chi connectivity index (χ1) is 28.2. The number of aryl methyl sites for hydroxylation is 1. The van der Waals surface area contributed by atoms with Gasteiger partial charge in [0.2, 0.25) is 5.91 Å². The van der Waals surface area contributed by atoms with E-state index in [1.165, 1.54) is 42.4 Å². The molecule has 3 N–H and O–H groups in total. The van der Waals surface area contributed by atoms with Gasteiger partial charge in [-0.3, -0.25) is 19.4 Å². The summed E-state index contributed by atoms with van der Waals surface area (Å²) in [6, 6.07) is 21.7. The fourth-order valence-electron chi connectivity index (χ4n) is 5.84. The summed E-state index contributed by atoms with van der Waals surface area (Å²) in [6.45, 7) is 2.95. The Morgan fingerprint density at radius 3 is 2.33 bits per heavy atom. The number of hydrogen-bond acceptors (Lipinski definition) is 16. The fraction of sp³-hybridized carbons (Fsp3) is 0.128. The number of methoxy groups -OCH3 is 1. The molecule has 0 aliphatic heterocycles. The van der Waals surface area contributed by atoms with Crippen molar-refractivity contribution in [1.29, 1.82) is 0 Å². The van der Waals surface area contributed by atoms with Crippen molar-refractivity contribution in [2.45, 2.75) is 36.3 Å². The number of aromatic nitrogens is 2. The number of imidazole rings is 1. The molecule has 6 rings (SSSR count). The van der Waals surface area contributed by atoms with Crippen LogP contribution in [0.4, 0.5) is 22.7 Å². The number of nitrogens with zero attached hydrogens (tertiary/aromatic N) is 4. The molecule has 0 saturated heterocycles. The average molecular weight is 887 g/mol. The van der Waals surface area contributed by atoms with E-state index in [0.29, 0.717) is 40.5 Å². The number of rotatable bonds is 16. The van der Waals surface area contributed by atoms with Crippen LogP contribution in [0.3, 0.4) is 0 Å². The maximum Gasteiger partial charge on any atom is 1.00 e. The predicted octanol–water partition coefficient (Wildman–Crippen LogP) is 0.217. The number of phenols is 1. The molecule has 0 aliphatic rings. The van der Waals surface area contributed by atoms with E-state index < -0.39 is 44.4 Å². The molecule has 1 heterocycles.